The van der Waals surface area contributed by atoms with Crippen LogP contribution in [0.5, 0.6) is 0 Å². The van der Waals surface area contributed by atoms with Gasteiger partial charge < -0.3 is 15.0 Å². The second kappa shape index (κ2) is 6.71. The minimum atomic E-state index is 0.381. The van der Waals surface area contributed by atoms with E-state index in [1.54, 1.807) is 0 Å². The first-order valence-electron chi connectivity index (χ1n) is 8.16. The lowest BCUT2D eigenvalue weighted by Gasteiger charge is -2.44. The van der Waals surface area contributed by atoms with Crippen LogP contribution >= 0.6 is 0 Å². The number of rotatable bonds is 4. The van der Waals surface area contributed by atoms with Gasteiger partial charge in [-0.1, -0.05) is 26.7 Å². The largest absolute Gasteiger partial charge is 0.374 e. The quantitative estimate of drug-likeness (QED) is 0.920. The van der Waals surface area contributed by atoms with E-state index in [2.05, 4.69) is 29.0 Å². The van der Waals surface area contributed by atoms with E-state index in [0.717, 1.165) is 31.2 Å². The maximum absolute atomic E-state index is 5.94. The maximum Gasteiger partial charge on any atom is 0.147 e. The van der Waals surface area contributed by atoms with Gasteiger partial charge in [-0.2, -0.15) is 0 Å². The van der Waals surface area contributed by atoms with Crippen molar-refractivity contribution in [3.05, 3.63) is 18.1 Å². The topological polar surface area (TPSA) is 50.3 Å². The van der Waals surface area contributed by atoms with Crippen LogP contribution in [0.15, 0.2) is 12.4 Å². The molecule has 2 fully saturated rings. The first kappa shape index (κ1) is 14.7. The Labute approximate surface area is 127 Å². The number of aromatic nitrogens is 2. The smallest absolute Gasteiger partial charge is 0.147 e. The van der Waals surface area contributed by atoms with E-state index < -0.39 is 0 Å². The molecule has 1 aliphatic carbocycles. The van der Waals surface area contributed by atoms with Crippen molar-refractivity contribution in [2.24, 2.45) is 0 Å². The molecule has 1 aromatic heterocycles. The van der Waals surface area contributed by atoms with E-state index >= 15 is 0 Å². The molecule has 0 bridgehead atoms. The summed E-state index contributed by atoms with van der Waals surface area (Å²) in [7, 11) is 0. The molecule has 1 saturated heterocycles. The number of morpholine rings is 1. The van der Waals surface area contributed by atoms with Crippen molar-refractivity contribution in [1.82, 2.24) is 15.3 Å². The minimum absolute atomic E-state index is 0.381. The molecule has 21 heavy (non-hydrogen) atoms. The number of fused-ring (bicyclic) bond motifs is 1. The summed E-state index contributed by atoms with van der Waals surface area (Å²) in [6.45, 7) is 6.79. The van der Waals surface area contributed by atoms with Crippen LogP contribution in [0.25, 0.3) is 0 Å². The van der Waals surface area contributed by atoms with E-state index in [9.17, 15) is 0 Å². The lowest BCUT2D eigenvalue weighted by molar-refractivity contribution is -0.00902. The highest BCUT2D eigenvalue weighted by molar-refractivity contribution is 5.39. The molecule has 0 radical (unpaired) electrons. The minimum Gasteiger partial charge on any atom is -0.374 e. The number of nitrogens with one attached hydrogen (secondary N) is 1. The molecule has 0 amide bonds. The fourth-order valence-corrected chi connectivity index (χ4v) is 3.31. The van der Waals surface area contributed by atoms with Crippen LogP contribution in [0, 0.1) is 0 Å². The van der Waals surface area contributed by atoms with Gasteiger partial charge in [0.2, 0.25) is 0 Å². The number of anilines is 1. The second-order valence-electron chi connectivity index (χ2n) is 6.36. The van der Waals surface area contributed by atoms with Crippen LogP contribution in [0.3, 0.4) is 0 Å². The Morgan fingerprint density at radius 1 is 1.33 bits per heavy atom. The van der Waals surface area contributed by atoms with Crippen LogP contribution in [-0.4, -0.2) is 41.3 Å². The number of hydrogen-bond acceptors (Lipinski definition) is 5. The first-order chi connectivity index (χ1) is 10.2. The van der Waals surface area contributed by atoms with Gasteiger partial charge in [0.25, 0.3) is 0 Å². The Morgan fingerprint density at radius 2 is 2.19 bits per heavy atom. The highest BCUT2D eigenvalue weighted by Gasteiger charge is 2.34. The summed E-state index contributed by atoms with van der Waals surface area (Å²) in [6, 6.07) is 0.941. The Bertz CT molecular complexity index is 463. The molecule has 2 aliphatic rings. The number of nitrogens with zero attached hydrogens (tertiary/aromatic N) is 3. The van der Waals surface area contributed by atoms with Gasteiger partial charge in [0.1, 0.15) is 5.82 Å². The van der Waals surface area contributed by atoms with Gasteiger partial charge in [-0.25, -0.2) is 4.98 Å². The Kier molecular flexibility index (Phi) is 4.70. The summed E-state index contributed by atoms with van der Waals surface area (Å²) >= 11 is 0. The average Bonchev–Trinajstić information content (AvgIpc) is 2.52. The first-order valence-corrected chi connectivity index (χ1v) is 8.16. The third-order valence-corrected chi connectivity index (χ3v) is 4.39. The molecule has 1 aromatic rings. The lowest BCUT2D eigenvalue weighted by atomic mass is 9.90. The predicted molar refractivity (Wildman–Crippen MR) is 83.3 cm³/mol. The molecule has 1 saturated carbocycles. The van der Waals surface area contributed by atoms with Crippen LogP contribution in [0.1, 0.15) is 45.2 Å². The van der Waals surface area contributed by atoms with Crippen molar-refractivity contribution in [3.63, 3.8) is 0 Å². The van der Waals surface area contributed by atoms with E-state index in [-0.39, 0.29) is 0 Å². The SMILES string of the molecule is CC(C)NCc1cncc(N2CCOC3CCCCC32)n1. The van der Waals surface area contributed by atoms with Crippen molar-refractivity contribution in [2.45, 2.75) is 64.3 Å². The Hall–Kier alpha value is -1.20. The van der Waals surface area contributed by atoms with E-state index in [0.29, 0.717) is 18.2 Å². The number of ether oxygens (including phenoxy) is 1. The van der Waals surface area contributed by atoms with Crippen molar-refractivity contribution >= 4 is 5.82 Å². The van der Waals surface area contributed by atoms with Gasteiger partial charge in [-0.05, 0) is 12.8 Å². The summed E-state index contributed by atoms with van der Waals surface area (Å²) in [5, 5.41) is 3.40. The van der Waals surface area contributed by atoms with Gasteiger partial charge in [-0.15, -0.1) is 0 Å². The van der Waals surface area contributed by atoms with Crippen LogP contribution in [0.2, 0.25) is 0 Å². The zero-order valence-corrected chi connectivity index (χ0v) is 13.1. The van der Waals surface area contributed by atoms with Crippen molar-refractivity contribution in [3.8, 4) is 0 Å². The number of hydrogen-bond donors (Lipinski definition) is 1. The molecular formula is C16H26N4O. The summed E-state index contributed by atoms with van der Waals surface area (Å²) in [6.07, 6.45) is 9.12. The standard InChI is InChI=1S/C16H26N4O/c1-12(2)18-10-13-9-17-11-16(19-13)20-7-8-21-15-6-4-3-5-14(15)20/h9,11-12,14-15,18H,3-8,10H2,1-2H3. The van der Waals surface area contributed by atoms with Gasteiger partial charge in [0.15, 0.2) is 0 Å². The van der Waals surface area contributed by atoms with Crippen molar-refractivity contribution in [2.75, 3.05) is 18.1 Å². The molecule has 0 aromatic carbocycles. The maximum atomic E-state index is 5.94. The zero-order valence-electron chi connectivity index (χ0n) is 13.1. The average molecular weight is 290 g/mol. The Morgan fingerprint density at radius 3 is 3.05 bits per heavy atom. The summed E-state index contributed by atoms with van der Waals surface area (Å²) in [5.74, 6) is 1.01. The van der Waals surface area contributed by atoms with E-state index in [1.807, 2.05) is 12.4 Å². The molecule has 2 atom stereocenters. The molecule has 116 valence electrons. The zero-order chi connectivity index (χ0) is 14.7. The van der Waals surface area contributed by atoms with E-state index in [4.69, 9.17) is 9.72 Å². The molecule has 1 aliphatic heterocycles. The van der Waals surface area contributed by atoms with Crippen LogP contribution < -0.4 is 10.2 Å². The van der Waals surface area contributed by atoms with E-state index in [1.165, 1.54) is 25.7 Å². The fraction of sp³-hybridized carbons (Fsp3) is 0.750. The highest BCUT2D eigenvalue weighted by atomic mass is 16.5. The molecule has 0 spiro atoms. The van der Waals surface area contributed by atoms with Crippen molar-refractivity contribution < 1.29 is 4.74 Å². The molecule has 5 nitrogen and oxygen atoms in total. The normalized spacial score (nSPS) is 26.0. The molecular weight excluding hydrogens is 264 g/mol. The third-order valence-electron chi connectivity index (χ3n) is 4.39. The van der Waals surface area contributed by atoms with Gasteiger partial charge in [0, 0.05) is 25.3 Å². The summed E-state index contributed by atoms with van der Waals surface area (Å²) in [5.41, 5.74) is 1.01. The Balaban J connectivity index is 1.74. The predicted octanol–water partition coefficient (Wildman–Crippen LogP) is 2.12. The molecule has 1 N–H and O–H groups in total. The lowest BCUT2D eigenvalue weighted by Crippen LogP contribution is -2.53. The molecule has 5 heteroatoms. The summed E-state index contributed by atoms with van der Waals surface area (Å²) < 4.78 is 5.94. The van der Waals surface area contributed by atoms with Gasteiger partial charge >= 0.3 is 0 Å². The molecule has 2 unspecified atom stereocenters. The van der Waals surface area contributed by atoms with Crippen LogP contribution in [-0.2, 0) is 11.3 Å². The molecule has 2 heterocycles. The van der Waals surface area contributed by atoms with Crippen molar-refractivity contribution in [1.29, 1.82) is 0 Å². The second-order valence-corrected chi connectivity index (χ2v) is 6.36. The fourth-order valence-electron chi connectivity index (χ4n) is 3.31. The van der Waals surface area contributed by atoms with Gasteiger partial charge in [0.05, 0.1) is 30.6 Å². The summed E-state index contributed by atoms with van der Waals surface area (Å²) in [4.78, 5) is 11.6. The van der Waals surface area contributed by atoms with Gasteiger partial charge in [-0.3, -0.25) is 4.98 Å². The van der Waals surface area contributed by atoms with Crippen LogP contribution in [0.4, 0.5) is 5.82 Å². The molecule has 3 rings (SSSR count). The third kappa shape index (κ3) is 3.52. The highest BCUT2D eigenvalue weighted by Crippen LogP contribution is 2.30. The monoisotopic (exact) mass is 290 g/mol.